The van der Waals surface area contributed by atoms with Gasteiger partial charge < -0.3 is 9.26 Å². The van der Waals surface area contributed by atoms with E-state index < -0.39 is 0 Å². The molecule has 0 atom stereocenters. The molecule has 2 aromatic heterocycles. The summed E-state index contributed by atoms with van der Waals surface area (Å²) in [4.78, 5) is 4.65. The van der Waals surface area contributed by atoms with Gasteiger partial charge in [-0.05, 0) is 19.8 Å². The van der Waals surface area contributed by atoms with E-state index in [1.54, 1.807) is 11.3 Å². The van der Waals surface area contributed by atoms with Gasteiger partial charge in [-0.2, -0.15) is 0 Å². The van der Waals surface area contributed by atoms with Gasteiger partial charge in [0, 0.05) is 30.6 Å². The lowest BCUT2D eigenvalue weighted by molar-refractivity contribution is 0.0853. The number of hydrogen-bond donors (Lipinski definition) is 0. The second-order valence-electron chi connectivity index (χ2n) is 4.29. The standard InChI is InChI=1S/C12H14N2O2S/c1-8-6-11(16-14-8)10-7-17-12(13-10)9-2-4-15-5-3-9/h6-7,9H,2-5H2,1H3. The summed E-state index contributed by atoms with van der Waals surface area (Å²) in [5.41, 5.74) is 1.79. The van der Waals surface area contributed by atoms with E-state index in [-0.39, 0.29) is 0 Å². The molecule has 0 spiro atoms. The molecule has 0 aliphatic carbocycles. The van der Waals surface area contributed by atoms with Crippen molar-refractivity contribution in [2.45, 2.75) is 25.7 Å². The summed E-state index contributed by atoms with van der Waals surface area (Å²) in [5, 5.41) is 7.12. The normalized spacial score (nSPS) is 17.5. The zero-order valence-electron chi connectivity index (χ0n) is 9.68. The summed E-state index contributed by atoms with van der Waals surface area (Å²) < 4.78 is 10.6. The molecule has 0 unspecified atom stereocenters. The Kier molecular flexibility index (Phi) is 2.94. The first kappa shape index (κ1) is 10.9. The molecule has 17 heavy (non-hydrogen) atoms. The van der Waals surface area contributed by atoms with E-state index in [0.29, 0.717) is 5.92 Å². The summed E-state index contributed by atoms with van der Waals surface area (Å²) in [6, 6.07) is 1.92. The highest BCUT2D eigenvalue weighted by atomic mass is 32.1. The predicted octanol–water partition coefficient (Wildman–Crippen LogP) is 3.00. The van der Waals surface area contributed by atoms with Crippen molar-refractivity contribution in [2.24, 2.45) is 0 Å². The van der Waals surface area contributed by atoms with Crippen LogP contribution in [-0.2, 0) is 4.74 Å². The Morgan fingerprint density at radius 3 is 2.88 bits per heavy atom. The van der Waals surface area contributed by atoms with Gasteiger partial charge in [-0.1, -0.05) is 5.16 Å². The molecular formula is C12H14N2O2S. The van der Waals surface area contributed by atoms with E-state index in [0.717, 1.165) is 43.2 Å². The molecule has 3 rings (SSSR count). The van der Waals surface area contributed by atoms with Crippen LogP contribution in [0.15, 0.2) is 16.0 Å². The van der Waals surface area contributed by atoms with Crippen LogP contribution in [0.2, 0.25) is 0 Å². The van der Waals surface area contributed by atoms with Crippen molar-refractivity contribution in [1.82, 2.24) is 10.1 Å². The maximum absolute atomic E-state index is 5.36. The number of rotatable bonds is 2. The van der Waals surface area contributed by atoms with Crippen molar-refractivity contribution >= 4 is 11.3 Å². The van der Waals surface area contributed by atoms with Gasteiger partial charge in [-0.3, -0.25) is 0 Å². The first-order valence-corrected chi connectivity index (χ1v) is 6.68. The number of hydrogen-bond acceptors (Lipinski definition) is 5. The van der Waals surface area contributed by atoms with Gasteiger partial charge in [0.1, 0.15) is 5.69 Å². The highest BCUT2D eigenvalue weighted by Gasteiger charge is 2.20. The maximum Gasteiger partial charge on any atom is 0.186 e. The average Bonchev–Trinajstić information content (AvgIpc) is 2.98. The SMILES string of the molecule is Cc1cc(-c2csc(C3CCOCC3)n2)on1. The largest absolute Gasteiger partial charge is 0.381 e. The van der Waals surface area contributed by atoms with Gasteiger partial charge in [0.2, 0.25) is 0 Å². The monoisotopic (exact) mass is 250 g/mol. The molecule has 1 aliphatic rings. The van der Waals surface area contributed by atoms with Gasteiger partial charge in [0.15, 0.2) is 5.76 Å². The van der Waals surface area contributed by atoms with Gasteiger partial charge in [0.25, 0.3) is 0 Å². The minimum atomic E-state index is 0.548. The third-order valence-electron chi connectivity index (χ3n) is 2.97. The lowest BCUT2D eigenvalue weighted by Crippen LogP contribution is -2.13. The van der Waals surface area contributed by atoms with Crippen LogP contribution in [0.3, 0.4) is 0 Å². The van der Waals surface area contributed by atoms with E-state index in [4.69, 9.17) is 9.26 Å². The Morgan fingerprint density at radius 1 is 1.35 bits per heavy atom. The van der Waals surface area contributed by atoms with Crippen molar-refractivity contribution in [3.05, 3.63) is 22.1 Å². The van der Waals surface area contributed by atoms with Crippen molar-refractivity contribution in [3.8, 4) is 11.5 Å². The van der Waals surface area contributed by atoms with Crippen LogP contribution < -0.4 is 0 Å². The van der Waals surface area contributed by atoms with Crippen LogP contribution in [-0.4, -0.2) is 23.4 Å². The van der Waals surface area contributed by atoms with Crippen LogP contribution in [0.4, 0.5) is 0 Å². The van der Waals surface area contributed by atoms with Crippen molar-refractivity contribution in [1.29, 1.82) is 0 Å². The number of aryl methyl sites for hydroxylation is 1. The van der Waals surface area contributed by atoms with E-state index in [2.05, 4.69) is 10.1 Å². The van der Waals surface area contributed by atoms with Crippen LogP contribution in [0.25, 0.3) is 11.5 Å². The molecular weight excluding hydrogens is 236 g/mol. The highest BCUT2D eigenvalue weighted by molar-refractivity contribution is 7.10. The third kappa shape index (κ3) is 2.25. The van der Waals surface area contributed by atoms with E-state index in [1.807, 2.05) is 18.4 Å². The molecule has 0 aromatic carbocycles. The quantitative estimate of drug-likeness (QED) is 0.822. The Balaban J connectivity index is 1.82. The second kappa shape index (κ2) is 4.58. The van der Waals surface area contributed by atoms with Crippen LogP contribution >= 0.6 is 11.3 Å². The van der Waals surface area contributed by atoms with E-state index in [1.165, 1.54) is 5.01 Å². The Morgan fingerprint density at radius 2 is 2.18 bits per heavy atom. The van der Waals surface area contributed by atoms with Crippen LogP contribution in [0.5, 0.6) is 0 Å². The molecule has 2 aromatic rings. The fraction of sp³-hybridized carbons (Fsp3) is 0.500. The molecule has 1 aliphatic heterocycles. The Hall–Kier alpha value is -1.20. The molecule has 0 radical (unpaired) electrons. The predicted molar refractivity (Wildman–Crippen MR) is 65.1 cm³/mol. The van der Waals surface area contributed by atoms with Crippen LogP contribution in [0.1, 0.15) is 29.5 Å². The molecule has 4 nitrogen and oxygen atoms in total. The maximum atomic E-state index is 5.36. The van der Waals surface area contributed by atoms with E-state index in [9.17, 15) is 0 Å². The number of ether oxygens (including phenoxy) is 1. The second-order valence-corrected chi connectivity index (χ2v) is 5.18. The smallest absolute Gasteiger partial charge is 0.186 e. The van der Waals surface area contributed by atoms with Gasteiger partial charge in [-0.25, -0.2) is 4.98 Å². The zero-order chi connectivity index (χ0) is 11.7. The molecule has 3 heterocycles. The summed E-state index contributed by atoms with van der Waals surface area (Å²) >= 11 is 1.71. The molecule has 5 heteroatoms. The molecule has 1 saturated heterocycles. The van der Waals surface area contributed by atoms with Gasteiger partial charge >= 0.3 is 0 Å². The molecule has 0 amide bonds. The zero-order valence-corrected chi connectivity index (χ0v) is 10.5. The molecule has 0 bridgehead atoms. The fourth-order valence-corrected chi connectivity index (χ4v) is 3.00. The number of nitrogens with zero attached hydrogens (tertiary/aromatic N) is 2. The summed E-state index contributed by atoms with van der Waals surface area (Å²) in [6.45, 7) is 3.61. The first-order chi connectivity index (χ1) is 8.33. The third-order valence-corrected chi connectivity index (χ3v) is 3.98. The summed E-state index contributed by atoms with van der Waals surface area (Å²) in [6.07, 6.45) is 2.14. The minimum absolute atomic E-state index is 0.548. The summed E-state index contributed by atoms with van der Waals surface area (Å²) in [7, 11) is 0. The van der Waals surface area contributed by atoms with Crippen molar-refractivity contribution in [3.63, 3.8) is 0 Å². The van der Waals surface area contributed by atoms with Crippen molar-refractivity contribution < 1.29 is 9.26 Å². The molecule has 0 saturated carbocycles. The fourth-order valence-electron chi connectivity index (χ4n) is 2.02. The van der Waals surface area contributed by atoms with E-state index >= 15 is 0 Å². The molecule has 0 N–H and O–H groups in total. The van der Waals surface area contributed by atoms with Gasteiger partial charge in [-0.15, -0.1) is 11.3 Å². The highest BCUT2D eigenvalue weighted by Crippen LogP contribution is 2.32. The lowest BCUT2D eigenvalue weighted by atomic mass is 10.0. The number of thiazole rings is 1. The average molecular weight is 250 g/mol. The topological polar surface area (TPSA) is 48.2 Å². The first-order valence-electron chi connectivity index (χ1n) is 5.80. The van der Waals surface area contributed by atoms with Crippen LogP contribution in [0, 0.1) is 6.92 Å². The summed E-state index contributed by atoms with van der Waals surface area (Å²) in [5.74, 6) is 1.31. The van der Waals surface area contributed by atoms with Gasteiger partial charge in [0.05, 0.1) is 10.7 Å². The minimum Gasteiger partial charge on any atom is -0.381 e. The Labute approximate surface area is 104 Å². The lowest BCUT2D eigenvalue weighted by Gasteiger charge is -2.19. The molecule has 1 fully saturated rings. The Bertz CT molecular complexity index is 500. The molecule has 90 valence electrons. The number of aromatic nitrogens is 2. The van der Waals surface area contributed by atoms with Crippen molar-refractivity contribution in [2.75, 3.05) is 13.2 Å².